The van der Waals surface area contributed by atoms with E-state index in [1.807, 2.05) is 0 Å². The van der Waals surface area contributed by atoms with Gasteiger partial charge in [0.2, 0.25) is 5.91 Å². The molecule has 1 saturated heterocycles. The summed E-state index contributed by atoms with van der Waals surface area (Å²) in [6.45, 7) is 6.10. The smallest absolute Gasteiger partial charge is 0.418 e. The van der Waals surface area contributed by atoms with Crippen LogP contribution < -0.4 is 15.4 Å². The van der Waals surface area contributed by atoms with Crippen LogP contribution in [0.4, 0.5) is 29.2 Å². The van der Waals surface area contributed by atoms with Crippen molar-refractivity contribution < 1.29 is 27.1 Å². The van der Waals surface area contributed by atoms with Gasteiger partial charge in [0.25, 0.3) is 0 Å². The molecule has 0 radical (unpaired) electrons. The van der Waals surface area contributed by atoms with Gasteiger partial charge in [-0.2, -0.15) is 23.1 Å². The molecule has 3 aromatic rings. The molecule has 36 heavy (non-hydrogen) atoms. The zero-order valence-electron chi connectivity index (χ0n) is 19.3. The highest BCUT2D eigenvalue weighted by atomic mass is 35.5. The minimum absolute atomic E-state index is 0.166. The van der Waals surface area contributed by atoms with Gasteiger partial charge >= 0.3 is 12.2 Å². The number of aryl methyl sites for hydroxylation is 1. The summed E-state index contributed by atoms with van der Waals surface area (Å²) >= 11 is 6.38. The molecule has 0 unspecified atom stereocenters. The first kappa shape index (κ1) is 25.4. The molecule has 1 aliphatic heterocycles. The normalized spacial score (nSPS) is 14.3. The van der Waals surface area contributed by atoms with Gasteiger partial charge in [0, 0.05) is 31.6 Å². The van der Waals surface area contributed by atoms with Gasteiger partial charge < -0.3 is 20.3 Å². The van der Waals surface area contributed by atoms with Gasteiger partial charge in [-0.15, -0.1) is 0 Å². The number of carbonyl (C=O) groups excluding carboxylic acids is 1. The molecule has 0 saturated carbocycles. The van der Waals surface area contributed by atoms with Gasteiger partial charge in [-0.25, -0.2) is 9.37 Å². The fourth-order valence-corrected chi connectivity index (χ4v) is 4.50. The highest BCUT2D eigenvalue weighted by Crippen LogP contribution is 2.44. The molecule has 3 heterocycles. The number of nitrogens with two attached hydrogens (primary N) is 1. The number of rotatable bonds is 4. The molecule has 4 rings (SSSR count). The predicted octanol–water partition coefficient (Wildman–Crippen LogP) is 4.24. The fourth-order valence-electron chi connectivity index (χ4n) is 4.21. The monoisotopic (exact) mass is 524 g/mol. The molecule has 2 N–H and O–H groups in total. The lowest BCUT2D eigenvalue weighted by Crippen LogP contribution is -2.48. The van der Waals surface area contributed by atoms with Crippen molar-refractivity contribution in [2.24, 2.45) is 0 Å². The first-order chi connectivity index (χ1) is 17.0. The number of benzene rings is 1. The van der Waals surface area contributed by atoms with E-state index < -0.39 is 28.8 Å². The van der Waals surface area contributed by atoms with E-state index in [0.29, 0.717) is 26.2 Å². The number of nitrogen functional groups attached to an aromatic ring is 1. The number of pyridine rings is 1. The minimum atomic E-state index is -4.85. The maximum atomic E-state index is 16.0. The highest BCUT2D eigenvalue weighted by molar-refractivity contribution is 6.34. The lowest BCUT2D eigenvalue weighted by Gasteiger charge is -2.35. The molecule has 8 nitrogen and oxygen atoms in total. The van der Waals surface area contributed by atoms with Crippen LogP contribution in [0.15, 0.2) is 24.8 Å². The number of nitrogens with zero attached hydrogens (tertiary/aromatic N) is 5. The van der Waals surface area contributed by atoms with E-state index in [1.165, 1.54) is 26.2 Å². The molecule has 0 spiro atoms. The van der Waals surface area contributed by atoms with Crippen LogP contribution in [0, 0.1) is 12.7 Å². The quantitative estimate of drug-likeness (QED) is 0.403. The average Bonchev–Trinajstić information content (AvgIpc) is 2.82. The number of hydrogen-bond donors (Lipinski definition) is 1. The second kappa shape index (κ2) is 9.41. The Morgan fingerprint density at radius 3 is 2.44 bits per heavy atom. The number of amides is 1. The van der Waals surface area contributed by atoms with Crippen molar-refractivity contribution in [2.45, 2.75) is 13.1 Å². The number of alkyl halides is 3. The standard InChI is InChI=1S/C23H21ClF4N6O2/c1-4-15(35)33-5-7-34(8-6-33)21-12-10-13(24)16(18(25)19(12)31-22(32-21)36-3)20-17(23(26,27)28)11(2)9-14(29)30-20/h4,9-10H,1,5-8H2,2-3H3,(H2,29,30). The van der Waals surface area contributed by atoms with Gasteiger partial charge in [0.15, 0.2) is 5.82 Å². The molecular weight excluding hydrogens is 504 g/mol. The number of anilines is 2. The van der Waals surface area contributed by atoms with Gasteiger partial charge in [-0.1, -0.05) is 18.2 Å². The minimum Gasteiger partial charge on any atom is -0.467 e. The van der Waals surface area contributed by atoms with E-state index >= 15 is 4.39 Å². The zero-order valence-corrected chi connectivity index (χ0v) is 20.0. The number of carbonyl (C=O) groups is 1. The highest BCUT2D eigenvalue weighted by Gasteiger charge is 2.38. The largest absolute Gasteiger partial charge is 0.467 e. The van der Waals surface area contributed by atoms with E-state index in [0.717, 1.165) is 6.07 Å². The van der Waals surface area contributed by atoms with Crippen LogP contribution in [0.2, 0.25) is 5.02 Å². The first-order valence-electron chi connectivity index (χ1n) is 10.7. The van der Waals surface area contributed by atoms with Crippen LogP contribution in [0.5, 0.6) is 6.01 Å². The van der Waals surface area contributed by atoms with Crippen molar-refractivity contribution in [1.82, 2.24) is 19.9 Å². The van der Waals surface area contributed by atoms with Crippen molar-refractivity contribution in [3.05, 3.63) is 46.8 Å². The van der Waals surface area contributed by atoms with Gasteiger partial charge in [0.1, 0.15) is 17.2 Å². The Balaban J connectivity index is 1.92. The van der Waals surface area contributed by atoms with Crippen LogP contribution in [0.25, 0.3) is 22.2 Å². The van der Waals surface area contributed by atoms with Crippen molar-refractivity contribution in [3.8, 4) is 17.3 Å². The van der Waals surface area contributed by atoms with E-state index in [2.05, 4.69) is 21.5 Å². The number of aromatic nitrogens is 3. The summed E-state index contributed by atoms with van der Waals surface area (Å²) in [6, 6.07) is 2.16. The van der Waals surface area contributed by atoms with E-state index in [-0.39, 0.29) is 45.0 Å². The Bertz CT molecular complexity index is 1370. The Morgan fingerprint density at radius 2 is 1.86 bits per heavy atom. The fraction of sp³-hybridized carbons (Fsp3) is 0.304. The van der Waals surface area contributed by atoms with Crippen LogP contribution in [-0.2, 0) is 11.0 Å². The number of methoxy groups -OCH3 is 1. The number of hydrogen-bond acceptors (Lipinski definition) is 7. The van der Waals surface area contributed by atoms with E-state index in [1.54, 1.807) is 9.80 Å². The second-order valence-electron chi connectivity index (χ2n) is 8.08. The number of piperazine rings is 1. The first-order valence-corrected chi connectivity index (χ1v) is 11.1. The maximum absolute atomic E-state index is 16.0. The van der Waals surface area contributed by atoms with E-state index in [9.17, 15) is 18.0 Å². The summed E-state index contributed by atoms with van der Waals surface area (Å²) in [7, 11) is 1.28. The molecule has 1 aliphatic rings. The Labute approximate surface area is 208 Å². The lowest BCUT2D eigenvalue weighted by atomic mass is 9.99. The molecule has 13 heteroatoms. The molecule has 1 fully saturated rings. The molecule has 0 bridgehead atoms. The van der Waals surface area contributed by atoms with Gasteiger partial charge in [0.05, 0.1) is 29.0 Å². The van der Waals surface area contributed by atoms with Gasteiger partial charge in [-0.3, -0.25) is 4.79 Å². The lowest BCUT2D eigenvalue weighted by molar-refractivity contribution is -0.137. The number of halogens is 5. The van der Waals surface area contributed by atoms with Crippen LogP contribution in [0.3, 0.4) is 0 Å². The number of fused-ring (bicyclic) bond motifs is 1. The molecule has 1 amide bonds. The van der Waals surface area contributed by atoms with Crippen molar-refractivity contribution >= 4 is 40.0 Å². The third-order valence-corrected chi connectivity index (χ3v) is 6.15. The topological polar surface area (TPSA) is 97.5 Å². The zero-order chi connectivity index (χ0) is 26.4. The summed E-state index contributed by atoms with van der Waals surface area (Å²) in [4.78, 5) is 27.5. The molecule has 1 aromatic carbocycles. The summed E-state index contributed by atoms with van der Waals surface area (Å²) in [5.41, 5.74) is 2.71. The second-order valence-corrected chi connectivity index (χ2v) is 8.49. The van der Waals surface area contributed by atoms with Crippen LogP contribution >= 0.6 is 11.6 Å². The number of ether oxygens (including phenoxy) is 1. The molecule has 0 aliphatic carbocycles. The van der Waals surface area contributed by atoms with Crippen molar-refractivity contribution in [3.63, 3.8) is 0 Å². The maximum Gasteiger partial charge on any atom is 0.418 e. The van der Waals surface area contributed by atoms with Gasteiger partial charge in [-0.05, 0) is 30.7 Å². The Hall–Kier alpha value is -3.67. The molecular formula is C23H21ClF4N6O2. The van der Waals surface area contributed by atoms with Crippen molar-refractivity contribution in [1.29, 1.82) is 0 Å². The summed E-state index contributed by atoms with van der Waals surface area (Å²) in [5.74, 6) is -1.30. The summed E-state index contributed by atoms with van der Waals surface area (Å²) < 4.78 is 62.8. The Morgan fingerprint density at radius 1 is 1.19 bits per heavy atom. The summed E-state index contributed by atoms with van der Waals surface area (Å²) in [6.07, 6.45) is -3.63. The van der Waals surface area contributed by atoms with Crippen molar-refractivity contribution in [2.75, 3.05) is 43.9 Å². The third-order valence-electron chi connectivity index (χ3n) is 5.85. The summed E-state index contributed by atoms with van der Waals surface area (Å²) in [5, 5.41) is -0.154. The third kappa shape index (κ3) is 4.48. The predicted molar refractivity (Wildman–Crippen MR) is 127 cm³/mol. The average molecular weight is 525 g/mol. The molecule has 2 aromatic heterocycles. The molecule has 0 atom stereocenters. The Kier molecular flexibility index (Phi) is 6.65. The SMILES string of the molecule is C=CC(=O)N1CCN(c2nc(OC)nc3c(F)c(-c4nc(N)cc(C)c4C(F)(F)F)c(Cl)cc23)CC1. The van der Waals surface area contributed by atoms with Crippen LogP contribution in [-0.4, -0.2) is 59.0 Å². The van der Waals surface area contributed by atoms with E-state index in [4.69, 9.17) is 22.1 Å². The van der Waals surface area contributed by atoms with Crippen LogP contribution in [0.1, 0.15) is 11.1 Å². The molecule has 190 valence electrons.